The highest BCUT2D eigenvalue weighted by molar-refractivity contribution is 9.09. The minimum absolute atomic E-state index is 0.00370. The van der Waals surface area contributed by atoms with E-state index < -0.39 is 0 Å². The SMILES string of the molecule is O=C(CCBr)NC1CCOc2ccc(Cl)cc21. The minimum atomic E-state index is 0.00370. The second-order valence-corrected chi connectivity index (χ2v) is 5.11. The third-order valence-corrected chi connectivity index (χ3v) is 3.30. The van der Waals surface area contributed by atoms with Crippen LogP contribution in [0.3, 0.4) is 0 Å². The van der Waals surface area contributed by atoms with Gasteiger partial charge >= 0.3 is 0 Å². The molecule has 5 heteroatoms. The van der Waals surface area contributed by atoms with Crippen molar-refractivity contribution in [2.75, 3.05) is 11.9 Å². The van der Waals surface area contributed by atoms with Crippen molar-refractivity contribution in [2.24, 2.45) is 0 Å². The molecule has 1 heterocycles. The zero-order chi connectivity index (χ0) is 12.3. The van der Waals surface area contributed by atoms with Crippen LogP contribution in [0.1, 0.15) is 24.4 Å². The Hall–Kier alpha value is -0.740. The number of rotatable bonds is 3. The molecule has 1 N–H and O–H groups in total. The molecule has 0 fully saturated rings. The van der Waals surface area contributed by atoms with Crippen molar-refractivity contribution in [1.29, 1.82) is 0 Å². The van der Waals surface area contributed by atoms with Crippen molar-refractivity contribution in [3.63, 3.8) is 0 Å². The molecular weight excluding hydrogens is 305 g/mol. The molecule has 0 saturated heterocycles. The predicted molar refractivity (Wildman–Crippen MR) is 70.9 cm³/mol. The number of halogens is 2. The number of fused-ring (bicyclic) bond motifs is 1. The first-order valence-electron chi connectivity index (χ1n) is 5.48. The van der Waals surface area contributed by atoms with Gasteiger partial charge in [0.15, 0.2) is 0 Å². The number of hydrogen-bond acceptors (Lipinski definition) is 2. The number of benzene rings is 1. The average Bonchev–Trinajstić information content (AvgIpc) is 2.30. The van der Waals surface area contributed by atoms with Gasteiger partial charge in [-0.2, -0.15) is 0 Å². The molecule has 2 rings (SSSR count). The van der Waals surface area contributed by atoms with Crippen LogP contribution in [0.5, 0.6) is 5.75 Å². The Morgan fingerprint density at radius 3 is 3.18 bits per heavy atom. The van der Waals surface area contributed by atoms with E-state index in [1.54, 1.807) is 6.07 Å². The molecule has 92 valence electrons. The number of hydrogen-bond donors (Lipinski definition) is 1. The summed E-state index contributed by atoms with van der Waals surface area (Å²) in [5.41, 5.74) is 0.965. The van der Waals surface area contributed by atoms with E-state index in [9.17, 15) is 4.79 Å². The van der Waals surface area contributed by atoms with E-state index in [0.29, 0.717) is 23.4 Å². The molecule has 3 nitrogen and oxygen atoms in total. The Bertz CT molecular complexity index is 425. The van der Waals surface area contributed by atoms with Gasteiger partial charge in [-0.05, 0) is 18.2 Å². The summed E-state index contributed by atoms with van der Waals surface area (Å²) in [4.78, 5) is 11.6. The number of amides is 1. The number of carbonyl (C=O) groups is 1. The van der Waals surface area contributed by atoms with Gasteiger partial charge in [-0.25, -0.2) is 0 Å². The van der Waals surface area contributed by atoms with Gasteiger partial charge in [0.2, 0.25) is 5.91 Å². The number of ether oxygens (including phenoxy) is 1. The lowest BCUT2D eigenvalue weighted by atomic mass is 10.0. The average molecular weight is 319 g/mol. The quantitative estimate of drug-likeness (QED) is 0.870. The van der Waals surface area contributed by atoms with Crippen LogP contribution < -0.4 is 10.1 Å². The lowest BCUT2D eigenvalue weighted by molar-refractivity contribution is -0.121. The second-order valence-electron chi connectivity index (χ2n) is 3.88. The van der Waals surface area contributed by atoms with Crippen molar-refractivity contribution in [1.82, 2.24) is 5.32 Å². The molecule has 0 spiro atoms. The Balaban J connectivity index is 2.16. The zero-order valence-electron chi connectivity index (χ0n) is 9.21. The first kappa shape index (κ1) is 12.7. The summed E-state index contributed by atoms with van der Waals surface area (Å²) in [6.07, 6.45) is 1.26. The molecule has 1 aromatic carbocycles. The smallest absolute Gasteiger partial charge is 0.221 e. The van der Waals surface area contributed by atoms with E-state index in [1.165, 1.54) is 0 Å². The Kier molecular flexibility index (Phi) is 4.29. The number of alkyl halides is 1. The third-order valence-electron chi connectivity index (χ3n) is 2.67. The van der Waals surface area contributed by atoms with E-state index in [4.69, 9.17) is 16.3 Å². The lowest BCUT2D eigenvalue weighted by Crippen LogP contribution is -2.32. The van der Waals surface area contributed by atoms with Crippen molar-refractivity contribution >= 4 is 33.4 Å². The van der Waals surface area contributed by atoms with Gasteiger partial charge in [-0.15, -0.1) is 0 Å². The summed E-state index contributed by atoms with van der Waals surface area (Å²) in [5.74, 6) is 0.851. The highest BCUT2D eigenvalue weighted by Crippen LogP contribution is 2.33. The largest absolute Gasteiger partial charge is 0.493 e. The fourth-order valence-electron chi connectivity index (χ4n) is 1.87. The number of carbonyl (C=O) groups excluding carboxylic acids is 1. The first-order chi connectivity index (χ1) is 8.20. The maximum absolute atomic E-state index is 11.6. The first-order valence-corrected chi connectivity index (χ1v) is 6.98. The molecule has 1 aliphatic rings. The molecule has 1 aromatic rings. The molecule has 0 radical (unpaired) electrons. The lowest BCUT2D eigenvalue weighted by Gasteiger charge is -2.26. The van der Waals surface area contributed by atoms with Crippen LogP contribution in [0.15, 0.2) is 18.2 Å². The van der Waals surface area contributed by atoms with Crippen LogP contribution in [0.4, 0.5) is 0 Å². The molecule has 17 heavy (non-hydrogen) atoms. The summed E-state index contributed by atoms with van der Waals surface area (Å²) < 4.78 is 5.53. The number of nitrogens with one attached hydrogen (secondary N) is 1. The van der Waals surface area contributed by atoms with E-state index in [0.717, 1.165) is 17.7 Å². The standard InChI is InChI=1S/C12H13BrClNO2/c13-5-3-12(16)15-10-4-6-17-11-2-1-8(14)7-9(10)11/h1-2,7,10H,3-6H2,(H,15,16). The fraction of sp³-hybridized carbons (Fsp3) is 0.417. The van der Waals surface area contributed by atoms with Gasteiger partial charge in [0.25, 0.3) is 0 Å². The molecule has 0 aromatic heterocycles. The van der Waals surface area contributed by atoms with E-state index in [-0.39, 0.29) is 11.9 Å². The van der Waals surface area contributed by atoms with E-state index >= 15 is 0 Å². The molecule has 1 unspecified atom stereocenters. The normalized spacial score (nSPS) is 18.1. The zero-order valence-corrected chi connectivity index (χ0v) is 11.6. The van der Waals surface area contributed by atoms with Crippen LogP contribution in [-0.4, -0.2) is 17.8 Å². The van der Waals surface area contributed by atoms with Crippen LogP contribution in [-0.2, 0) is 4.79 Å². The van der Waals surface area contributed by atoms with Crippen LogP contribution >= 0.6 is 27.5 Å². The van der Waals surface area contributed by atoms with Crippen molar-refractivity contribution < 1.29 is 9.53 Å². The fourth-order valence-corrected chi connectivity index (χ4v) is 2.41. The topological polar surface area (TPSA) is 38.3 Å². The van der Waals surface area contributed by atoms with E-state index in [1.807, 2.05) is 12.1 Å². The minimum Gasteiger partial charge on any atom is -0.493 e. The van der Waals surface area contributed by atoms with Crippen molar-refractivity contribution in [3.05, 3.63) is 28.8 Å². The summed E-state index contributed by atoms with van der Waals surface area (Å²) in [6.45, 7) is 0.619. The molecule has 0 saturated carbocycles. The van der Waals surface area contributed by atoms with Crippen molar-refractivity contribution in [2.45, 2.75) is 18.9 Å². The highest BCUT2D eigenvalue weighted by atomic mass is 79.9. The van der Waals surface area contributed by atoms with Gasteiger partial charge in [0, 0.05) is 28.8 Å². The van der Waals surface area contributed by atoms with E-state index in [2.05, 4.69) is 21.2 Å². The molecule has 1 amide bonds. The molecule has 0 bridgehead atoms. The Labute approximate surface area is 114 Å². The Morgan fingerprint density at radius 2 is 2.41 bits per heavy atom. The predicted octanol–water partition coefficient (Wildman–Crippen LogP) is 3.06. The van der Waals surface area contributed by atoms with Crippen LogP contribution in [0.2, 0.25) is 5.02 Å². The highest BCUT2D eigenvalue weighted by Gasteiger charge is 2.22. The molecule has 0 aliphatic carbocycles. The van der Waals surface area contributed by atoms with Gasteiger partial charge in [-0.3, -0.25) is 4.79 Å². The van der Waals surface area contributed by atoms with Gasteiger partial charge in [-0.1, -0.05) is 27.5 Å². The molecular formula is C12H13BrClNO2. The van der Waals surface area contributed by atoms with Gasteiger partial charge in [0.1, 0.15) is 5.75 Å². The van der Waals surface area contributed by atoms with Gasteiger partial charge < -0.3 is 10.1 Å². The van der Waals surface area contributed by atoms with Gasteiger partial charge in [0.05, 0.1) is 12.6 Å². The molecule has 1 aliphatic heterocycles. The van der Waals surface area contributed by atoms with Crippen LogP contribution in [0, 0.1) is 0 Å². The summed E-state index contributed by atoms with van der Waals surface area (Å²) in [5, 5.41) is 4.33. The maximum atomic E-state index is 11.6. The molecule has 1 atom stereocenters. The second kappa shape index (κ2) is 5.74. The van der Waals surface area contributed by atoms with Crippen molar-refractivity contribution in [3.8, 4) is 5.75 Å². The van der Waals surface area contributed by atoms with Crippen LogP contribution in [0.25, 0.3) is 0 Å². The monoisotopic (exact) mass is 317 g/mol. The summed E-state index contributed by atoms with van der Waals surface area (Å²) in [6, 6.07) is 5.50. The maximum Gasteiger partial charge on any atom is 0.221 e. The third kappa shape index (κ3) is 3.13. The Morgan fingerprint density at radius 1 is 1.59 bits per heavy atom. The summed E-state index contributed by atoms with van der Waals surface area (Å²) in [7, 11) is 0. The summed E-state index contributed by atoms with van der Waals surface area (Å²) >= 11 is 9.22.